The van der Waals surface area contributed by atoms with Gasteiger partial charge in [0, 0.05) is 24.8 Å². The van der Waals surface area contributed by atoms with Gasteiger partial charge in [-0.15, -0.1) is 0 Å². The molecule has 0 atom stereocenters. The van der Waals surface area contributed by atoms with Gasteiger partial charge in [-0.05, 0) is 37.1 Å². The molecule has 1 heterocycles. The molecule has 12 heteroatoms. The maximum atomic E-state index is 10.9. The van der Waals surface area contributed by atoms with Gasteiger partial charge in [0.25, 0.3) is 11.4 Å². The molecule has 2 aromatic carbocycles. The molecule has 0 amide bonds. The Morgan fingerprint density at radius 3 is 1.94 bits per heavy atom. The van der Waals surface area contributed by atoms with Crippen LogP contribution in [0.25, 0.3) is 0 Å². The molecule has 9 nitrogen and oxygen atoms in total. The van der Waals surface area contributed by atoms with Crippen LogP contribution in [0.3, 0.4) is 0 Å². The topological polar surface area (TPSA) is 123 Å². The molecule has 0 fully saturated rings. The van der Waals surface area contributed by atoms with Gasteiger partial charge in [0.05, 0.1) is 44.9 Å². The van der Waals surface area contributed by atoms with E-state index in [4.69, 9.17) is 20.2 Å². The molecule has 1 aliphatic rings. The molecule has 168 valence electrons. The minimum absolute atomic E-state index is 0.117. The molecule has 0 radical (unpaired) electrons. The first kappa shape index (κ1) is 25.4. The molecule has 1 aliphatic heterocycles. The zero-order chi connectivity index (χ0) is 23.7. The number of rotatable bonds is 6. The fraction of sp³-hybridized carbons (Fsp3) is 0.150. The SMILES string of the molecule is Cc1cc(C)cc(N=CC2=CCC(C=Nc3cc([N+](=O)[O-])cc([N+](=O)[O-])c3)=N2)c1.[Cl][Fe][Cl]. The fourth-order valence-corrected chi connectivity index (χ4v) is 2.81. The van der Waals surface area contributed by atoms with Crippen LogP contribution in [0.15, 0.2) is 63.1 Å². The molecule has 0 aliphatic carbocycles. The second kappa shape index (κ2) is 12.2. The van der Waals surface area contributed by atoms with Crippen molar-refractivity contribution in [2.45, 2.75) is 20.3 Å². The molecule has 32 heavy (non-hydrogen) atoms. The Hall–Kier alpha value is -2.91. The van der Waals surface area contributed by atoms with Gasteiger partial charge < -0.3 is 0 Å². The third kappa shape index (κ3) is 7.97. The van der Waals surface area contributed by atoms with Crippen molar-refractivity contribution in [1.82, 2.24) is 0 Å². The van der Waals surface area contributed by atoms with Crippen molar-refractivity contribution in [2.75, 3.05) is 0 Å². The van der Waals surface area contributed by atoms with Crippen molar-refractivity contribution in [2.24, 2.45) is 15.0 Å². The van der Waals surface area contributed by atoms with Gasteiger partial charge in [0.15, 0.2) is 0 Å². The number of allylic oxidation sites excluding steroid dienone is 2. The molecule has 0 N–H and O–H groups in total. The molecule has 3 rings (SSSR count). The monoisotopic (exact) mass is 517 g/mol. The summed E-state index contributed by atoms with van der Waals surface area (Å²) in [6, 6.07) is 9.26. The summed E-state index contributed by atoms with van der Waals surface area (Å²) in [5.74, 6) is 0. The van der Waals surface area contributed by atoms with E-state index in [0.717, 1.165) is 22.9 Å². The minimum atomic E-state index is -0.692. The summed E-state index contributed by atoms with van der Waals surface area (Å²) in [6.07, 6.45) is 5.50. The van der Waals surface area contributed by atoms with E-state index in [1.807, 2.05) is 32.1 Å². The second-order valence-electron chi connectivity index (χ2n) is 6.57. The number of hydrogen-bond acceptors (Lipinski definition) is 7. The Labute approximate surface area is 198 Å². The van der Waals surface area contributed by atoms with Crippen LogP contribution in [-0.4, -0.2) is 28.0 Å². The molecule has 0 spiro atoms. The van der Waals surface area contributed by atoms with Crippen LogP contribution in [0, 0.1) is 34.1 Å². The quantitative estimate of drug-likeness (QED) is 0.192. The van der Waals surface area contributed by atoms with E-state index in [0.29, 0.717) is 17.8 Å². The molecule has 0 aromatic heterocycles. The number of hydrogen-bond donors (Lipinski definition) is 0. The summed E-state index contributed by atoms with van der Waals surface area (Å²) < 4.78 is 0. The molecular weight excluding hydrogens is 501 g/mol. The number of non-ortho nitro benzene ring substituents is 2. The molecule has 0 saturated heterocycles. The first-order valence-electron chi connectivity index (χ1n) is 8.95. The van der Waals surface area contributed by atoms with Crippen molar-refractivity contribution < 1.29 is 23.0 Å². The Morgan fingerprint density at radius 2 is 1.41 bits per heavy atom. The predicted molar refractivity (Wildman–Crippen MR) is 124 cm³/mol. The number of aryl methyl sites for hydroxylation is 2. The summed E-state index contributed by atoms with van der Waals surface area (Å²) in [4.78, 5) is 33.4. The van der Waals surface area contributed by atoms with Gasteiger partial charge in [-0.1, -0.05) is 12.1 Å². The van der Waals surface area contributed by atoms with E-state index in [2.05, 4.69) is 21.0 Å². The number of nitro groups is 2. The van der Waals surface area contributed by atoms with E-state index in [-0.39, 0.29) is 30.2 Å². The van der Waals surface area contributed by atoms with Crippen LogP contribution < -0.4 is 0 Å². The van der Waals surface area contributed by atoms with Crippen molar-refractivity contribution in [1.29, 1.82) is 0 Å². The number of nitro benzene ring substituents is 2. The predicted octanol–water partition coefficient (Wildman–Crippen LogP) is 6.33. The molecule has 0 saturated carbocycles. The molecule has 0 unspecified atom stereocenters. The van der Waals surface area contributed by atoms with E-state index in [1.54, 1.807) is 6.21 Å². The average Bonchev–Trinajstić information content (AvgIpc) is 3.18. The van der Waals surface area contributed by atoms with Crippen LogP contribution in [0.2, 0.25) is 0 Å². The first-order valence-corrected chi connectivity index (χ1v) is 12.0. The zero-order valence-electron chi connectivity index (χ0n) is 16.9. The van der Waals surface area contributed by atoms with Crippen LogP contribution in [-0.2, 0) is 13.1 Å². The average molecular weight is 518 g/mol. The molecule has 2 aromatic rings. The van der Waals surface area contributed by atoms with E-state index in [9.17, 15) is 20.2 Å². The van der Waals surface area contributed by atoms with Crippen molar-refractivity contribution in [3.63, 3.8) is 0 Å². The summed E-state index contributed by atoms with van der Waals surface area (Å²) in [7, 11) is 9.53. The summed E-state index contributed by atoms with van der Waals surface area (Å²) in [6.45, 7) is 4.01. The van der Waals surface area contributed by atoms with Crippen LogP contribution in [0.1, 0.15) is 17.5 Å². The van der Waals surface area contributed by atoms with Crippen molar-refractivity contribution in [3.05, 3.63) is 79.5 Å². The number of benzene rings is 2. The first-order chi connectivity index (χ1) is 15.2. The van der Waals surface area contributed by atoms with E-state index >= 15 is 0 Å². The van der Waals surface area contributed by atoms with E-state index < -0.39 is 9.85 Å². The fourth-order valence-electron chi connectivity index (χ4n) is 2.81. The standard InChI is InChI=1S/C20H17N5O4.2ClH.Fe/c1-13-5-14(2)7-17(6-13)21-11-15-3-4-16(23-15)12-22-18-8-19(24(26)27)10-20(9-18)25(28)29;;;/h3,5-12H,4H2,1-2H3;2*1H;/q;;;+2/p-2. The van der Waals surface area contributed by atoms with Gasteiger partial charge in [-0.2, -0.15) is 0 Å². The molecule has 0 bridgehead atoms. The number of aliphatic imine (C=N–C) groups is 3. The summed E-state index contributed by atoms with van der Waals surface area (Å²) in [5, 5.41) is 21.9. The Morgan fingerprint density at radius 1 is 0.906 bits per heavy atom. The van der Waals surface area contributed by atoms with Gasteiger partial charge in [0.1, 0.15) is 0 Å². The van der Waals surface area contributed by atoms with Crippen molar-refractivity contribution >= 4 is 61.1 Å². The van der Waals surface area contributed by atoms with Gasteiger partial charge in [-0.25, -0.2) is 0 Å². The third-order valence-electron chi connectivity index (χ3n) is 4.02. The van der Waals surface area contributed by atoms with Gasteiger partial charge in [-0.3, -0.25) is 35.2 Å². The number of nitrogens with zero attached hydrogens (tertiary/aromatic N) is 5. The van der Waals surface area contributed by atoms with E-state index in [1.165, 1.54) is 18.3 Å². The van der Waals surface area contributed by atoms with Crippen LogP contribution >= 0.6 is 20.2 Å². The van der Waals surface area contributed by atoms with Crippen LogP contribution in [0.5, 0.6) is 0 Å². The summed E-state index contributed by atoms with van der Waals surface area (Å²) >= 11 is 0.194. The second-order valence-corrected chi connectivity index (χ2v) is 8.39. The Balaban J connectivity index is 0.00000114. The van der Waals surface area contributed by atoms with Gasteiger partial charge in [0.2, 0.25) is 0 Å². The Bertz CT molecular complexity index is 1100. The maximum absolute atomic E-state index is 10.9. The van der Waals surface area contributed by atoms with Crippen LogP contribution in [0.4, 0.5) is 22.7 Å². The van der Waals surface area contributed by atoms with Crippen molar-refractivity contribution in [3.8, 4) is 0 Å². The van der Waals surface area contributed by atoms with Gasteiger partial charge >= 0.3 is 33.3 Å². The number of halogens is 2. The normalized spacial score (nSPS) is 13.1. The molecular formula is C20H17Cl2FeN5O4. The summed E-state index contributed by atoms with van der Waals surface area (Å²) in [5.41, 5.74) is 3.73. The third-order valence-corrected chi connectivity index (χ3v) is 4.02. The zero-order valence-corrected chi connectivity index (χ0v) is 19.5. The Kier molecular flexibility index (Phi) is 9.67.